The SMILES string of the molecule is c1coc(-c2nc([C@H]3CCCN3)cs2)c1. The largest absolute Gasteiger partial charge is 0.462 e. The highest BCUT2D eigenvalue weighted by Gasteiger charge is 2.19. The molecule has 0 aliphatic carbocycles. The number of nitrogens with zero attached hydrogens (tertiary/aromatic N) is 1. The van der Waals surface area contributed by atoms with Crippen LogP contribution in [-0.4, -0.2) is 11.5 Å². The molecule has 0 aromatic carbocycles. The van der Waals surface area contributed by atoms with Crippen molar-refractivity contribution in [3.63, 3.8) is 0 Å². The molecule has 1 aliphatic rings. The van der Waals surface area contributed by atoms with Gasteiger partial charge in [-0.05, 0) is 31.5 Å². The van der Waals surface area contributed by atoms with E-state index in [0.29, 0.717) is 6.04 Å². The van der Waals surface area contributed by atoms with Crippen LogP contribution < -0.4 is 5.32 Å². The minimum Gasteiger partial charge on any atom is -0.462 e. The van der Waals surface area contributed by atoms with Crippen LogP contribution in [0.3, 0.4) is 0 Å². The van der Waals surface area contributed by atoms with E-state index in [1.807, 2.05) is 12.1 Å². The van der Waals surface area contributed by atoms with Crippen molar-refractivity contribution < 1.29 is 4.42 Å². The average molecular weight is 220 g/mol. The molecule has 1 saturated heterocycles. The Morgan fingerprint density at radius 3 is 3.27 bits per heavy atom. The Hall–Kier alpha value is -1.13. The fourth-order valence-electron chi connectivity index (χ4n) is 1.90. The van der Waals surface area contributed by atoms with Crippen LogP contribution in [0.15, 0.2) is 28.2 Å². The van der Waals surface area contributed by atoms with E-state index in [1.165, 1.54) is 12.8 Å². The third-order valence-corrected chi connectivity index (χ3v) is 3.55. The summed E-state index contributed by atoms with van der Waals surface area (Å²) in [6.07, 6.45) is 4.13. The zero-order valence-electron chi connectivity index (χ0n) is 8.27. The molecule has 0 radical (unpaired) electrons. The molecular weight excluding hydrogens is 208 g/mol. The lowest BCUT2D eigenvalue weighted by Crippen LogP contribution is -2.12. The zero-order chi connectivity index (χ0) is 10.1. The molecule has 1 atom stereocenters. The Labute approximate surface area is 92.1 Å². The van der Waals surface area contributed by atoms with Gasteiger partial charge in [0.15, 0.2) is 10.8 Å². The van der Waals surface area contributed by atoms with Crippen LogP contribution in [0.25, 0.3) is 10.8 Å². The van der Waals surface area contributed by atoms with Crippen molar-refractivity contribution in [1.82, 2.24) is 10.3 Å². The fraction of sp³-hybridized carbons (Fsp3) is 0.364. The topological polar surface area (TPSA) is 38.1 Å². The molecular formula is C11H12N2OS. The van der Waals surface area contributed by atoms with Gasteiger partial charge in [0.1, 0.15) is 0 Å². The first-order valence-electron chi connectivity index (χ1n) is 5.16. The molecule has 0 saturated carbocycles. The Bertz CT molecular complexity index is 429. The van der Waals surface area contributed by atoms with E-state index in [0.717, 1.165) is 23.0 Å². The summed E-state index contributed by atoms with van der Waals surface area (Å²) >= 11 is 1.65. The van der Waals surface area contributed by atoms with E-state index in [4.69, 9.17) is 4.42 Å². The third-order valence-electron chi connectivity index (χ3n) is 2.67. The summed E-state index contributed by atoms with van der Waals surface area (Å²) in [4.78, 5) is 4.60. The molecule has 0 amide bonds. The Morgan fingerprint density at radius 2 is 2.53 bits per heavy atom. The van der Waals surface area contributed by atoms with Crippen LogP contribution in [0.4, 0.5) is 0 Å². The molecule has 1 N–H and O–H groups in total. The van der Waals surface area contributed by atoms with Crippen molar-refractivity contribution in [3.05, 3.63) is 29.5 Å². The minimum atomic E-state index is 0.449. The second-order valence-electron chi connectivity index (χ2n) is 3.70. The van der Waals surface area contributed by atoms with Gasteiger partial charge in [-0.3, -0.25) is 0 Å². The monoisotopic (exact) mass is 220 g/mol. The molecule has 1 fully saturated rings. The first kappa shape index (κ1) is 9.12. The summed E-state index contributed by atoms with van der Waals surface area (Å²) in [6.45, 7) is 1.11. The second-order valence-corrected chi connectivity index (χ2v) is 4.56. The highest BCUT2D eigenvalue weighted by atomic mass is 32.1. The maximum atomic E-state index is 5.32. The quantitative estimate of drug-likeness (QED) is 0.845. The Kier molecular flexibility index (Phi) is 2.31. The van der Waals surface area contributed by atoms with Gasteiger partial charge in [0.25, 0.3) is 0 Å². The van der Waals surface area contributed by atoms with Crippen molar-refractivity contribution in [2.75, 3.05) is 6.54 Å². The molecule has 0 spiro atoms. The van der Waals surface area contributed by atoms with Gasteiger partial charge in [-0.1, -0.05) is 0 Å². The first-order valence-corrected chi connectivity index (χ1v) is 6.04. The molecule has 0 unspecified atom stereocenters. The van der Waals surface area contributed by atoms with Gasteiger partial charge in [0, 0.05) is 5.38 Å². The van der Waals surface area contributed by atoms with Crippen LogP contribution in [0.2, 0.25) is 0 Å². The van der Waals surface area contributed by atoms with E-state index in [-0.39, 0.29) is 0 Å². The molecule has 2 aromatic heterocycles. The maximum Gasteiger partial charge on any atom is 0.162 e. The summed E-state index contributed by atoms with van der Waals surface area (Å²) < 4.78 is 5.32. The second kappa shape index (κ2) is 3.79. The number of thiazole rings is 1. The van der Waals surface area contributed by atoms with Crippen LogP contribution in [-0.2, 0) is 0 Å². The number of hydrogen-bond donors (Lipinski definition) is 1. The standard InChI is InChI=1S/C11H12N2OS/c1-3-8(12-5-1)9-7-15-11(13-9)10-4-2-6-14-10/h2,4,6-8,12H,1,3,5H2/t8-/m1/s1. The number of furan rings is 1. The molecule has 3 heterocycles. The van der Waals surface area contributed by atoms with E-state index in [1.54, 1.807) is 17.6 Å². The van der Waals surface area contributed by atoms with Gasteiger partial charge in [-0.15, -0.1) is 11.3 Å². The number of rotatable bonds is 2. The van der Waals surface area contributed by atoms with Crippen LogP contribution in [0, 0.1) is 0 Å². The number of aromatic nitrogens is 1. The van der Waals surface area contributed by atoms with Gasteiger partial charge >= 0.3 is 0 Å². The first-order chi connectivity index (χ1) is 7.43. The molecule has 3 nitrogen and oxygen atoms in total. The summed E-state index contributed by atoms with van der Waals surface area (Å²) in [5, 5.41) is 6.55. The number of nitrogens with one attached hydrogen (secondary N) is 1. The fourth-order valence-corrected chi connectivity index (χ4v) is 2.74. The van der Waals surface area contributed by atoms with Gasteiger partial charge in [-0.25, -0.2) is 4.98 Å². The van der Waals surface area contributed by atoms with Crippen LogP contribution >= 0.6 is 11.3 Å². The van der Waals surface area contributed by atoms with Crippen molar-refractivity contribution in [2.45, 2.75) is 18.9 Å². The molecule has 4 heteroatoms. The van der Waals surface area contributed by atoms with E-state index >= 15 is 0 Å². The summed E-state index contributed by atoms with van der Waals surface area (Å²) in [7, 11) is 0. The highest BCUT2D eigenvalue weighted by molar-refractivity contribution is 7.13. The van der Waals surface area contributed by atoms with Gasteiger partial charge < -0.3 is 9.73 Å². The molecule has 15 heavy (non-hydrogen) atoms. The van der Waals surface area contributed by atoms with Crippen molar-refractivity contribution in [1.29, 1.82) is 0 Å². The lowest BCUT2D eigenvalue weighted by molar-refractivity contribution is 0.580. The predicted molar refractivity (Wildman–Crippen MR) is 59.8 cm³/mol. The number of hydrogen-bond acceptors (Lipinski definition) is 4. The van der Waals surface area contributed by atoms with Crippen LogP contribution in [0.1, 0.15) is 24.6 Å². The van der Waals surface area contributed by atoms with Crippen molar-refractivity contribution >= 4 is 11.3 Å². The van der Waals surface area contributed by atoms with Gasteiger partial charge in [0.05, 0.1) is 18.0 Å². The van der Waals surface area contributed by atoms with E-state index < -0.39 is 0 Å². The molecule has 1 aliphatic heterocycles. The summed E-state index contributed by atoms with van der Waals surface area (Å²) in [5.74, 6) is 0.865. The smallest absolute Gasteiger partial charge is 0.162 e. The summed E-state index contributed by atoms with van der Waals surface area (Å²) in [6, 6.07) is 4.29. The zero-order valence-corrected chi connectivity index (χ0v) is 9.09. The lowest BCUT2D eigenvalue weighted by atomic mass is 10.2. The third kappa shape index (κ3) is 1.70. The molecule has 2 aromatic rings. The van der Waals surface area contributed by atoms with E-state index in [2.05, 4.69) is 15.7 Å². The maximum absolute atomic E-state index is 5.32. The van der Waals surface area contributed by atoms with Crippen molar-refractivity contribution in [3.8, 4) is 10.8 Å². The minimum absolute atomic E-state index is 0.449. The molecule has 0 bridgehead atoms. The van der Waals surface area contributed by atoms with Gasteiger partial charge in [-0.2, -0.15) is 0 Å². The van der Waals surface area contributed by atoms with E-state index in [9.17, 15) is 0 Å². The highest BCUT2D eigenvalue weighted by Crippen LogP contribution is 2.29. The summed E-state index contributed by atoms with van der Waals surface area (Å²) in [5.41, 5.74) is 1.16. The molecule has 78 valence electrons. The predicted octanol–water partition coefficient (Wildman–Crippen LogP) is 2.83. The Balaban J connectivity index is 1.87. The lowest BCUT2D eigenvalue weighted by Gasteiger charge is -2.04. The molecule has 3 rings (SSSR count). The average Bonchev–Trinajstić information content (AvgIpc) is 3.02. The van der Waals surface area contributed by atoms with Crippen molar-refractivity contribution in [2.24, 2.45) is 0 Å². The normalized spacial score (nSPS) is 20.9. The Morgan fingerprint density at radius 1 is 1.53 bits per heavy atom. The van der Waals surface area contributed by atoms with Gasteiger partial charge in [0.2, 0.25) is 0 Å². The van der Waals surface area contributed by atoms with Crippen LogP contribution in [0.5, 0.6) is 0 Å².